The number of hydrogen-bond acceptors (Lipinski definition) is 4. The van der Waals surface area contributed by atoms with Crippen LogP contribution in [0.3, 0.4) is 0 Å². The molecule has 112 valence electrons. The summed E-state index contributed by atoms with van der Waals surface area (Å²) in [7, 11) is 1.43. The maximum Gasteiger partial charge on any atom is 0.309 e. The number of nitrogens with one attached hydrogen (secondary N) is 2. The number of carbonyl (C=O) groups excluding carboxylic acids is 2. The van der Waals surface area contributed by atoms with Crippen molar-refractivity contribution in [3.05, 3.63) is 39.8 Å². The van der Waals surface area contributed by atoms with Gasteiger partial charge in [-0.05, 0) is 31.4 Å². The van der Waals surface area contributed by atoms with Crippen LogP contribution >= 0.6 is 11.3 Å². The van der Waals surface area contributed by atoms with Gasteiger partial charge in [-0.25, -0.2) is 0 Å². The minimum Gasteiger partial charge on any atom is -0.351 e. The van der Waals surface area contributed by atoms with E-state index >= 15 is 0 Å². The summed E-state index contributed by atoms with van der Waals surface area (Å²) < 4.78 is 1.88. The summed E-state index contributed by atoms with van der Waals surface area (Å²) in [4.78, 5) is 24.0. The van der Waals surface area contributed by atoms with Crippen LogP contribution in [0.5, 0.6) is 0 Å². The average molecular weight is 306 g/mol. The number of rotatable bonds is 4. The molecule has 0 aromatic carbocycles. The van der Waals surface area contributed by atoms with E-state index in [2.05, 4.69) is 15.7 Å². The SMILES string of the molecule is CNC(=O)C(=O)NCC(c1cccs1)n1nc(C)cc1C. The Hall–Kier alpha value is -2.15. The molecule has 2 aromatic rings. The van der Waals surface area contributed by atoms with Crippen LogP contribution in [0.4, 0.5) is 0 Å². The van der Waals surface area contributed by atoms with Gasteiger partial charge in [0.2, 0.25) is 0 Å². The fraction of sp³-hybridized carbons (Fsp3) is 0.357. The number of thiophene rings is 1. The van der Waals surface area contributed by atoms with Crippen molar-refractivity contribution in [3.8, 4) is 0 Å². The molecule has 0 saturated carbocycles. The highest BCUT2D eigenvalue weighted by Crippen LogP contribution is 2.24. The van der Waals surface area contributed by atoms with Gasteiger partial charge in [-0.2, -0.15) is 5.10 Å². The summed E-state index contributed by atoms with van der Waals surface area (Å²) in [5.41, 5.74) is 1.94. The van der Waals surface area contributed by atoms with Crippen LogP contribution in [0, 0.1) is 13.8 Å². The largest absolute Gasteiger partial charge is 0.351 e. The van der Waals surface area contributed by atoms with Gasteiger partial charge in [0, 0.05) is 24.2 Å². The molecular weight excluding hydrogens is 288 g/mol. The standard InChI is InChI=1S/C14H18N4O2S/c1-9-7-10(2)18(17-9)11(12-5-4-6-21-12)8-16-14(20)13(19)15-3/h4-7,11H,8H2,1-3H3,(H,15,19)(H,16,20). The molecule has 0 aliphatic heterocycles. The molecule has 1 unspecified atom stereocenters. The van der Waals surface area contributed by atoms with E-state index in [1.165, 1.54) is 7.05 Å². The van der Waals surface area contributed by atoms with E-state index in [1.54, 1.807) is 11.3 Å². The Labute approximate surface area is 127 Å². The van der Waals surface area contributed by atoms with E-state index in [0.717, 1.165) is 16.3 Å². The van der Waals surface area contributed by atoms with Gasteiger partial charge in [0.1, 0.15) is 6.04 Å². The molecule has 2 N–H and O–H groups in total. The Bertz CT molecular complexity index is 633. The molecule has 0 aliphatic rings. The van der Waals surface area contributed by atoms with Crippen molar-refractivity contribution < 1.29 is 9.59 Å². The van der Waals surface area contributed by atoms with Gasteiger partial charge in [0.15, 0.2) is 0 Å². The predicted molar refractivity (Wildman–Crippen MR) is 81.2 cm³/mol. The molecule has 2 rings (SSSR count). The third kappa shape index (κ3) is 3.49. The van der Waals surface area contributed by atoms with Crippen molar-refractivity contribution in [2.45, 2.75) is 19.9 Å². The first kappa shape index (κ1) is 15.2. The molecule has 7 heteroatoms. The number of hydrogen-bond donors (Lipinski definition) is 2. The molecule has 0 fully saturated rings. The monoisotopic (exact) mass is 306 g/mol. The summed E-state index contributed by atoms with van der Waals surface area (Å²) in [6.45, 7) is 4.22. The zero-order valence-corrected chi connectivity index (χ0v) is 13.0. The van der Waals surface area contributed by atoms with E-state index in [-0.39, 0.29) is 6.04 Å². The first-order valence-corrected chi connectivity index (χ1v) is 7.47. The molecule has 0 radical (unpaired) electrons. The second-order valence-corrected chi connectivity index (χ2v) is 5.67. The maximum atomic E-state index is 11.6. The van der Waals surface area contributed by atoms with Gasteiger partial charge in [0.05, 0.1) is 5.69 Å². The second kappa shape index (κ2) is 6.53. The first-order chi connectivity index (χ1) is 10.0. The number of likely N-dealkylation sites (N-methyl/N-ethyl adjacent to an activating group) is 1. The number of aromatic nitrogens is 2. The van der Waals surface area contributed by atoms with Crippen molar-refractivity contribution in [3.63, 3.8) is 0 Å². The van der Waals surface area contributed by atoms with Crippen molar-refractivity contribution in [1.82, 2.24) is 20.4 Å². The molecule has 0 bridgehead atoms. The van der Waals surface area contributed by atoms with Gasteiger partial charge in [-0.1, -0.05) is 6.07 Å². The minimum atomic E-state index is -0.645. The molecule has 2 aromatic heterocycles. The van der Waals surface area contributed by atoms with Crippen LogP contribution in [0.1, 0.15) is 22.3 Å². The number of carbonyl (C=O) groups is 2. The van der Waals surface area contributed by atoms with Crippen LogP contribution in [-0.4, -0.2) is 35.2 Å². The quantitative estimate of drug-likeness (QED) is 0.828. The maximum absolute atomic E-state index is 11.6. The predicted octanol–water partition coefficient (Wildman–Crippen LogP) is 1.01. The fourth-order valence-corrected chi connectivity index (χ4v) is 2.94. The smallest absolute Gasteiger partial charge is 0.309 e. The Morgan fingerprint density at radius 2 is 2.14 bits per heavy atom. The van der Waals surface area contributed by atoms with Crippen LogP contribution in [0.2, 0.25) is 0 Å². The number of aryl methyl sites for hydroxylation is 2. The number of amides is 2. The molecule has 0 saturated heterocycles. The van der Waals surface area contributed by atoms with E-state index in [0.29, 0.717) is 6.54 Å². The molecule has 2 amide bonds. The lowest BCUT2D eigenvalue weighted by molar-refractivity contribution is -0.138. The van der Waals surface area contributed by atoms with Gasteiger partial charge in [-0.15, -0.1) is 11.3 Å². The lowest BCUT2D eigenvalue weighted by Gasteiger charge is -2.18. The number of nitrogens with zero attached hydrogens (tertiary/aromatic N) is 2. The fourth-order valence-electron chi connectivity index (χ4n) is 2.13. The normalized spacial score (nSPS) is 12.0. The van der Waals surface area contributed by atoms with Crippen molar-refractivity contribution in [1.29, 1.82) is 0 Å². The first-order valence-electron chi connectivity index (χ1n) is 6.59. The molecule has 0 spiro atoms. The van der Waals surface area contributed by atoms with E-state index in [4.69, 9.17) is 0 Å². The van der Waals surface area contributed by atoms with Crippen molar-refractivity contribution in [2.24, 2.45) is 0 Å². The molecular formula is C14H18N4O2S. The van der Waals surface area contributed by atoms with Gasteiger partial charge >= 0.3 is 11.8 Å². The highest BCUT2D eigenvalue weighted by atomic mass is 32.1. The Morgan fingerprint density at radius 1 is 1.38 bits per heavy atom. The lowest BCUT2D eigenvalue weighted by Crippen LogP contribution is -2.41. The Balaban J connectivity index is 2.20. The van der Waals surface area contributed by atoms with Gasteiger partial charge in [0.25, 0.3) is 0 Å². The molecule has 6 nitrogen and oxygen atoms in total. The average Bonchev–Trinajstić information content (AvgIpc) is 3.08. The molecule has 0 aliphatic carbocycles. The van der Waals surface area contributed by atoms with Crippen LogP contribution < -0.4 is 10.6 Å². The third-order valence-electron chi connectivity index (χ3n) is 3.10. The van der Waals surface area contributed by atoms with E-state index in [9.17, 15) is 9.59 Å². The summed E-state index contributed by atoms with van der Waals surface area (Å²) in [5.74, 6) is -1.28. The molecule has 1 atom stereocenters. The zero-order valence-electron chi connectivity index (χ0n) is 12.2. The third-order valence-corrected chi connectivity index (χ3v) is 4.07. The molecule has 21 heavy (non-hydrogen) atoms. The summed E-state index contributed by atoms with van der Waals surface area (Å²) >= 11 is 1.60. The van der Waals surface area contributed by atoms with E-state index < -0.39 is 11.8 Å². The zero-order chi connectivity index (χ0) is 15.4. The summed E-state index contributed by atoms with van der Waals surface area (Å²) in [6.07, 6.45) is 0. The van der Waals surface area contributed by atoms with E-state index in [1.807, 2.05) is 42.1 Å². The molecule has 2 heterocycles. The van der Waals surface area contributed by atoms with Crippen LogP contribution in [0.25, 0.3) is 0 Å². The van der Waals surface area contributed by atoms with Gasteiger partial charge < -0.3 is 10.6 Å². The Kier molecular flexibility index (Phi) is 4.74. The van der Waals surface area contributed by atoms with Gasteiger partial charge in [-0.3, -0.25) is 14.3 Å². The van der Waals surface area contributed by atoms with Crippen LogP contribution in [0.15, 0.2) is 23.6 Å². The summed E-state index contributed by atoms with van der Waals surface area (Å²) in [5, 5.41) is 11.4. The minimum absolute atomic E-state index is 0.118. The van der Waals surface area contributed by atoms with Crippen molar-refractivity contribution >= 4 is 23.2 Å². The lowest BCUT2D eigenvalue weighted by atomic mass is 10.2. The highest BCUT2D eigenvalue weighted by molar-refractivity contribution is 7.10. The van der Waals surface area contributed by atoms with Crippen molar-refractivity contribution in [2.75, 3.05) is 13.6 Å². The summed E-state index contributed by atoms with van der Waals surface area (Å²) in [6, 6.07) is 5.82. The Morgan fingerprint density at radius 3 is 2.67 bits per heavy atom. The highest BCUT2D eigenvalue weighted by Gasteiger charge is 2.20. The second-order valence-electron chi connectivity index (χ2n) is 4.69. The topological polar surface area (TPSA) is 76.0 Å². The van der Waals surface area contributed by atoms with Crippen LogP contribution in [-0.2, 0) is 9.59 Å².